The first-order chi connectivity index (χ1) is 25.5. The molecule has 288 valence electrons. The van der Waals surface area contributed by atoms with Crippen molar-refractivity contribution in [3.63, 3.8) is 0 Å². The fourth-order valence-electron chi connectivity index (χ4n) is 7.65. The monoisotopic (exact) mass is 734 g/mol. The number of amides is 3. The average Bonchev–Trinajstić information content (AvgIpc) is 3.95. The zero-order chi connectivity index (χ0) is 38.9. The first-order valence-corrected chi connectivity index (χ1v) is 19.6. The summed E-state index contributed by atoms with van der Waals surface area (Å²) in [7, 11) is 0. The van der Waals surface area contributed by atoms with Gasteiger partial charge in [0.2, 0.25) is 11.8 Å². The van der Waals surface area contributed by atoms with E-state index < -0.39 is 17.7 Å². The molecule has 3 aliphatic rings. The molecule has 0 radical (unpaired) electrons. The molecule has 54 heavy (non-hydrogen) atoms. The van der Waals surface area contributed by atoms with Gasteiger partial charge < -0.3 is 19.9 Å². The third-order valence-corrected chi connectivity index (χ3v) is 11.0. The Morgan fingerprint density at radius 1 is 0.833 bits per heavy atom. The molecule has 3 aliphatic heterocycles. The lowest BCUT2D eigenvalue weighted by Gasteiger charge is -2.34. The number of likely N-dealkylation sites (tertiary alicyclic amines) is 2. The van der Waals surface area contributed by atoms with Crippen molar-refractivity contribution in [2.75, 3.05) is 13.1 Å². The van der Waals surface area contributed by atoms with Crippen LogP contribution in [0.15, 0.2) is 65.9 Å². The number of ether oxygens (including phenoxy) is 1. The molecule has 3 amide bonds. The van der Waals surface area contributed by atoms with Crippen LogP contribution in [0.3, 0.4) is 0 Å². The van der Waals surface area contributed by atoms with Crippen molar-refractivity contribution < 1.29 is 19.1 Å². The Labute approximate surface area is 320 Å². The number of nitrogens with zero attached hydrogens (tertiary/aromatic N) is 4. The van der Waals surface area contributed by atoms with E-state index in [1.165, 1.54) is 0 Å². The summed E-state index contributed by atoms with van der Waals surface area (Å²) in [4.78, 5) is 56.3. The minimum atomic E-state index is -0.627. The zero-order valence-electron chi connectivity index (χ0n) is 33.5. The molecule has 10 nitrogen and oxygen atoms in total. The van der Waals surface area contributed by atoms with E-state index in [1.54, 1.807) is 4.90 Å². The number of H-pyrrole nitrogens is 1. The van der Waals surface area contributed by atoms with Gasteiger partial charge in [0.1, 0.15) is 17.5 Å². The first kappa shape index (κ1) is 39.0. The van der Waals surface area contributed by atoms with E-state index in [0.717, 1.165) is 70.9 Å². The van der Waals surface area contributed by atoms with Gasteiger partial charge in [-0.05, 0) is 85.6 Å². The molecule has 1 aromatic heterocycles. The fraction of sp³-hybridized carbons (Fsp3) is 0.523. The van der Waals surface area contributed by atoms with E-state index in [2.05, 4.69) is 93.5 Å². The fourth-order valence-corrected chi connectivity index (χ4v) is 7.65. The Balaban J connectivity index is 1.07. The van der Waals surface area contributed by atoms with Crippen LogP contribution < -0.4 is 5.32 Å². The summed E-state index contributed by atoms with van der Waals surface area (Å²) >= 11 is 0. The molecule has 4 atom stereocenters. The van der Waals surface area contributed by atoms with Crippen LogP contribution in [0, 0.1) is 17.3 Å². The largest absolute Gasteiger partial charge is 0.444 e. The van der Waals surface area contributed by atoms with Crippen LogP contribution in [-0.2, 0) is 14.3 Å². The summed E-state index contributed by atoms with van der Waals surface area (Å²) in [6.45, 7) is 19.3. The molecule has 0 aliphatic carbocycles. The van der Waals surface area contributed by atoms with Crippen molar-refractivity contribution in [2.45, 2.75) is 118 Å². The lowest BCUT2D eigenvalue weighted by atomic mass is 9.81. The van der Waals surface area contributed by atoms with Gasteiger partial charge in [0.05, 0.1) is 24.0 Å². The van der Waals surface area contributed by atoms with Gasteiger partial charge in [0.25, 0.3) is 0 Å². The van der Waals surface area contributed by atoms with E-state index in [9.17, 15) is 14.4 Å². The number of hydrogen-bond acceptors (Lipinski definition) is 6. The maximum absolute atomic E-state index is 13.6. The topological polar surface area (TPSA) is 120 Å². The van der Waals surface area contributed by atoms with E-state index in [1.807, 2.05) is 45.0 Å². The highest BCUT2D eigenvalue weighted by Gasteiger charge is 2.40. The summed E-state index contributed by atoms with van der Waals surface area (Å²) < 4.78 is 5.59. The maximum atomic E-state index is 13.6. The minimum Gasteiger partial charge on any atom is -0.444 e. The number of aromatic amines is 1. The molecular weight excluding hydrogens is 677 g/mol. The van der Waals surface area contributed by atoms with Crippen LogP contribution in [0.25, 0.3) is 28.0 Å². The molecule has 2 N–H and O–H groups in total. The summed E-state index contributed by atoms with van der Waals surface area (Å²) in [6.07, 6.45) is 7.26. The smallest absolute Gasteiger partial charge is 0.410 e. The standard InChI is InChI=1S/C44H58N6O4/c1-27(2)28(3)41(52)49-22-10-12-36(49)39-46-26-35(47-39)32-20-18-30(19-21-32)29-14-16-31(17-15-29)33-24-34(45-25-33)38(43(4,5)6)48-40(51)37-13-11-23-50(37)42(53)54-44(7,8)9/h14-21,25-28,36-38H,10-13,22-24H2,1-9H3,(H,46,47)(H,48,51)/t28-,36-,37-,38+/m0/s1. The number of carbonyl (C=O) groups is 3. The van der Waals surface area contributed by atoms with Gasteiger partial charge in [0.15, 0.2) is 0 Å². The van der Waals surface area contributed by atoms with Crippen molar-refractivity contribution >= 4 is 29.2 Å². The lowest BCUT2D eigenvalue weighted by Crippen LogP contribution is -2.55. The summed E-state index contributed by atoms with van der Waals surface area (Å²) in [6, 6.07) is 16.1. The second kappa shape index (κ2) is 15.6. The van der Waals surface area contributed by atoms with Crippen LogP contribution in [0.1, 0.15) is 112 Å². The number of carbonyl (C=O) groups excluding carboxylic acids is 3. The number of aliphatic imine (C=N–C) groups is 1. The molecule has 6 rings (SSSR count). The van der Waals surface area contributed by atoms with Gasteiger partial charge in [-0.15, -0.1) is 0 Å². The van der Waals surface area contributed by atoms with E-state index >= 15 is 0 Å². The Bertz CT molecular complexity index is 1890. The molecule has 2 saturated heterocycles. The highest BCUT2D eigenvalue weighted by atomic mass is 16.6. The maximum Gasteiger partial charge on any atom is 0.410 e. The number of imidazole rings is 1. The van der Waals surface area contributed by atoms with Crippen molar-refractivity contribution in [3.05, 3.63) is 72.3 Å². The number of nitrogens with one attached hydrogen (secondary N) is 2. The van der Waals surface area contributed by atoms with Crippen LogP contribution >= 0.6 is 0 Å². The number of rotatable bonds is 9. The van der Waals surface area contributed by atoms with Gasteiger partial charge in [-0.1, -0.05) is 90.1 Å². The van der Waals surface area contributed by atoms with Gasteiger partial charge in [-0.3, -0.25) is 19.5 Å². The second-order valence-electron chi connectivity index (χ2n) is 17.7. The third-order valence-electron chi connectivity index (χ3n) is 11.0. The normalized spacial score (nSPS) is 20.2. The highest BCUT2D eigenvalue weighted by Crippen LogP contribution is 2.35. The summed E-state index contributed by atoms with van der Waals surface area (Å²) in [5.74, 6) is 1.20. The van der Waals surface area contributed by atoms with Gasteiger partial charge >= 0.3 is 6.09 Å². The molecule has 2 aromatic carbocycles. The number of allylic oxidation sites excluding steroid dienone is 1. The van der Waals surface area contributed by atoms with Crippen LogP contribution in [-0.4, -0.2) is 74.2 Å². The molecule has 0 unspecified atom stereocenters. The molecule has 0 bridgehead atoms. The van der Waals surface area contributed by atoms with Crippen LogP contribution in [0.2, 0.25) is 0 Å². The van der Waals surface area contributed by atoms with Gasteiger partial charge in [-0.2, -0.15) is 0 Å². The number of hydrogen-bond donors (Lipinski definition) is 2. The summed E-state index contributed by atoms with van der Waals surface area (Å²) in [5, 5.41) is 3.26. The van der Waals surface area contributed by atoms with E-state index in [4.69, 9.17) is 14.7 Å². The molecular formula is C44H58N6O4. The van der Waals surface area contributed by atoms with Crippen molar-refractivity contribution in [3.8, 4) is 22.4 Å². The highest BCUT2D eigenvalue weighted by molar-refractivity contribution is 6.04. The van der Waals surface area contributed by atoms with Crippen LogP contribution in [0.5, 0.6) is 0 Å². The molecule has 4 heterocycles. The number of benzene rings is 2. The zero-order valence-corrected chi connectivity index (χ0v) is 33.5. The van der Waals surface area contributed by atoms with Crippen molar-refractivity contribution in [1.82, 2.24) is 25.1 Å². The molecule has 0 saturated carbocycles. The van der Waals surface area contributed by atoms with Crippen LogP contribution in [0.4, 0.5) is 4.79 Å². The van der Waals surface area contributed by atoms with Crippen molar-refractivity contribution in [2.24, 2.45) is 22.2 Å². The Morgan fingerprint density at radius 2 is 1.43 bits per heavy atom. The van der Waals surface area contributed by atoms with Gasteiger partial charge in [0, 0.05) is 37.3 Å². The Kier molecular flexibility index (Phi) is 11.2. The summed E-state index contributed by atoms with van der Waals surface area (Å²) in [5.41, 5.74) is 6.40. The predicted octanol–water partition coefficient (Wildman–Crippen LogP) is 8.82. The average molecular weight is 735 g/mol. The molecule has 2 fully saturated rings. The third kappa shape index (κ3) is 8.63. The van der Waals surface area contributed by atoms with E-state index in [0.29, 0.717) is 25.3 Å². The van der Waals surface area contributed by atoms with Crippen molar-refractivity contribution in [1.29, 1.82) is 0 Å². The molecule has 3 aromatic rings. The second-order valence-corrected chi connectivity index (χ2v) is 17.7. The quantitative estimate of drug-likeness (QED) is 0.228. The molecule has 10 heteroatoms. The first-order valence-electron chi connectivity index (χ1n) is 19.6. The van der Waals surface area contributed by atoms with E-state index in [-0.39, 0.29) is 35.2 Å². The minimum absolute atomic E-state index is 0.00602. The van der Waals surface area contributed by atoms with Gasteiger partial charge in [-0.25, -0.2) is 9.78 Å². The predicted molar refractivity (Wildman–Crippen MR) is 215 cm³/mol. The number of aromatic nitrogens is 2. The SMILES string of the molecule is CC(C)[C@H](C)C(=O)N1CCC[C@H]1c1ncc(-c2ccc(-c3ccc(C4=CN=C([C@@H](NC(=O)[C@@H]5CCCN5C(=O)OC(C)(C)C)C(C)(C)C)C4)cc3)cc2)[nH]1. The Hall–Kier alpha value is -4.73. The molecule has 0 spiro atoms. The Morgan fingerprint density at radius 3 is 2.04 bits per heavy atom. The lowest BCUT2D eigenvalue weighted by molar-refractivity contribution is -0.137.